The van der Waals surface area contributed by atoms with Crippen molar-refractivity contribution in [3.05, 3.63) is 89.9 Å². The van der Waals surface area contributed by atoms with Gasteiger partial charge in [0.2, 0.25) is 5.91 Å². The number of carbonyl (C=O) groups is 2. The van der Waals surface area contributed by atoms with E-state index in [1.54, 1.807) is 36.5 Å². The molecule has 0 saturated heterocycles. The van der Waals surface area contributed by atoms with Crippen molar-refractivity contribution in [1.29, 1.82) is 0 Å². The Morgan fingerprint density at radius 1 is 1.02 bits per heavy atom. The highest BCUT2D eigenvalue weighted by atomic mass is 19.1. The first kappa shape index (κ1) is 30.1. The van der Waals surface area contributed by atoms with E-state index in [1.165, 1.54) is 25.3 Å². The molecule has 0 aliphatic heterocycles. The van der Waals surface area contributed by atoms with Crippen molar-refractivity contribution in [2.75, 3.05) is 24.8 Å². The Labute approximate surface area is 244 Å². The first-order valence-corrected chi connectivity index (χ1v) is 13.7. The minimum Gasteiger partial charge on any atom is -0.490 e. The molecule has 9 nitrogen and oxygen atoms in total. The summed E-state index contributed by atoms with van der Waals surface area (Å²) in [5, 5.41) is 7.76. The van der Waals surface area contributed by atoms with Gasteiger partial charge in [-0.1, -0.05) is 24.3 Å². The highest BCUT2D eigenvalue weighted by Crippen LogP contribution is 2.34. The van der Waals surface area contributed by atoms with Gasteiger partial charge < -0.3 is 30.6 Å². The molecule has 1 aromatic heterocycles. The number of methoxy groups -OCH3 is 1. The Bertz CT molecular complexity index is 1560. The zero-order chi connectivity index (χ0) is 30.2. The summed E-state index contributed by atoms with van der Waals surface area (Å²) in [6.07, 6.45) is 1.26. The Balaban J connectivity index is 1.75. The molecule has 0 bridgehead atoms. The lowest BCUT2D eigenvalue weighted by atomic mass is 10.00. The molecule has 10 heteroatoms. The van der Waals surface area contributed by atoms with Crippen LogP contribution in [-0.4, -0.2) is 36.7 Å². The summed E-state index contributed by atoms with van der Waals surface area (Å²) in [5.74, 6) is -0.236. The van der Waals surface area contributed by atoms with Crippen molar-refractivity contribution in [3.8, 4) is 11.5 Å². The van der Waals surface area contributed by atoms with Gasteiger partial charge in [-0.3, -0.25) is 9.59 Å². The third-order valence-electron chi connectivity index (χ3n) is 6.53. The van der Waals surface area contributed by atoms with E-state index in [0.29, 0.717) is 35.2 Å². The van der Waals surface area contributed by atoms with E-state index in [2.05, 4.69) is 15.6 Å². The number of ether oxygens (including phenoxy) is 3. The fourth-order valence-corrected chi connectivity index (χ4v) is 4.58. The largest absolute Gasteiger partial charge is 0.490 e. The number of halogens is 1. The van der Waals surface area contributed by atoms with E-state index < -0.39 is 29.8 Å². The fraction of sp³-hybridized carbons (Fsp3) is 0.281. The predicted octanol–water partition coefficient (Wildman–Crippen LogP) is 5.72. The molecule has 0 fully saturated rings. The molecule has 0 aliphatic carbocycles. The van der Waals surface area contributed by atoms with Crippen LogP contribution in [0.15, 0.2) is 72.9 Å². The van der Waals surface area contributed by atoms with Gasteiger partial charge in [0.1, 0.15) is 17.7 Å². The number of nitrogens with two attached hydrogens (primary N) is 1. The predicted molar refractivity (Wildman–Crippen MR) is 160 cm³/mol. The monoisotopic (exact) mass is 574 g/mol. The molecule has 0 spiro atoms. The van der Waals surface area contributed by atoms with Crippen molar-refractivity contribution in [2.45, 2.75) is 45.4 Å². The third-order valence-corrected chi connectivity index (χ3v) is 6.53. The molecule has 1 unspecified atom stereocenters. The zero-order valence-corrected chi connectivity index (χ0v) is 24.0. The van der Waals surface area contributed by atoms with Crippen LogP contribution in [0.4, 0.5) is 15.9 Å². The molecule has 220 valence electrons. The maximum Gasteiger partial charge on any atom is 0.307 e. The first-order chi connectivity index (χ1) is 20.2. The lowest BCUT2D eigenvalue weighted by molar-refractivity contribution is -0.141. The van der Waals surface area contributed by atoms with Crippen LogP contribution in [0.2, 0.25) is 0 Å². The minimum atomic E-state index is -0.979. The van der Waals surface area contributed by atoms with Crippen molar-refractivity contribution in [2.24, 2.45) is 0 Å². The second kappa shape index (κ2) is 13.7. The Kier molecular flexibility index (Phi) is 9.80. The van der Waals surface area contributed by atoms with E-state index in [9.17, 15) is 14.0 Å². The van der Waals surface area contributed by atoms with Gasteiger partial charge in [-0.15, -0.1) is 0 Å². The van der Waals surface area contributed by atoms with Crippen LogP contribution >= 0.6 is 0 Å². The van der Waals surface area contributed by atoms with Gasteiger partial charge in [-0.25, -0.2) is 9.37 Å². The van der Waals surface area contributed by atoms with Crippen molar-refractivity contribution >= 4 is 34.2 Å². The molecule has 42 heavy (non-hydrogen) atoms. The third kappa shape index (κ3) is 7.25. The lowest BCUT2D eigenvalue weighted by Gasteiger charge is -2.25. The second-order valence-electron chi connectivity index (χ2n) is 9.88. The number of hydrogen-bond acceptors (Lipinski definition) is 8. The fourth-order valence-electron chi connectivity index (χ4n) is 4.58. The molecule has 2 atom stereocenters. The number of nitrogens with zero attached hydrogens (tertiary/aromatic N) is 1. The van der Waals surface area contributed by atoms with Gasteiger partial charge in [-0.05, 0) is 74.2 Å². The van der Waals surface area contributed by atoms with Crippen LogP contribution in [-0.2, 0) is 14.3 Å². The topological polar surface area (TPSA) is 125 Å². The summed E-state index contributed by atoms with van der Waals surface area (Å²) in [6.45, 7) is 6.06. The summed E-state index contributed by atoms with van der Waals surface area (Å²) in [7, 11) is 1.24. The number of benzene rings is 3. The SMILES string of the molecule is CCOc1cc(C(Nc2ccc3c(N)nccc3c2)C(=O)N[C@H](CC(=O)OC)c2ccccc2F)ccc1OC(C)C. The lowest BCUT2D eigenvalue weighted by Crippen LogP contribution is -2.37. The molecule has 0 aliphatic rings. The Hall–Kier alpha value is -4.86. The number of carbonyl (C=O) groups excluding carboxylic acids is 2. The number of fused-ring (bicyclic) bond motifs is 1. The molecule has 3 aromatic carbocycles. The normalized spacial score (nSPS) is 12.4. The Morgan fingerprint density at radius 3 is 2.52 bits per heavy atom. The summed E-state index contributed by atoms with van der Waals surface area (Å²) in [6, 6.07) is 16.6. The van der Waals surface area contributed by atoms with Gasteiger partial charge in [0.05, 0.1) is 32.3 Å². The maximum absolute atomic E-state index is 14.8. The molecule has 4 aromatic rings. The van der Waals surface area contributed by atoms with Gasteiger partial charge in [0.25, 0.3) is 0 Å². The zero-order valence-electron chi connectivity index (χ0n) is 24.0. The number of rotatable bonds is 12. The highest BCUT2D eigenvalue weighted by Gasteiger charge is 2.28. The molecular weight excluding hydrogens is 539 g/mol. The molecule has 4 rings (SSSR count). The number of esters is 1. The number of hydrogen-bond donors (Lipinski definition) is 3. The summed E-state index contributed by atoms with van der Waals surface area (Å²) in [4.78, 5) is 30.4. The van der Waals surface area contributed by atoms with E-state index >= 15 is 0 Å². The van der Waals surface area contributed by atoms with Crippen LogP contribution in [0.3, 0.4) is 0 Å². The Morgan fingerprint density at radius 2 is 1.81 bits per heavy atom. The van der Waals surface area contributed by atoms with Crippen molar-refractivity contribution in [3.63, 3.8) is 0 Å². The molecule has 0 saturated carbocycles. The summed E-state index contributed by atoms with van der Waals surface area (Å²) < 4.78 is 31.4. The van der Waals surface area contributed by atoms with Crippen LogP contribution in [0.1, 0.15) is 50.4 Å². The summed E-state index contributed by atoms with van der Waals surface area (Å²) >= 11 is 0. The highest BCUT2D eigenvalue weighted by molar-refractivity contribution is 5.94. The van der Waals surface area contributed by atoms with Crippen LogP contribution in [0.5, 0.6) is 11.5 Å². The van der Waals surface area contributed by atoms with Gasteiger partial charge in [0.15, 0.2) is 11.5 Å². The number of pyridine rings is 1. The summed E-state index contributed by atoms with van der Waals surface area (Å²) in [5.41, 5.74) is 7.38. The molecule has 1 amide bonds. The minimum absolute atomic E-state index is 0.0911. The van der Waals surface area contributed by atoms with E-state index in [-0.39, 0.29) is 18.1 Å². The molecular formula is C32H35FN4O5. The van der Waals surface area contributed by atoms with Crippen LogP contribution in [0, 0.1) is 5.82 Å². The molecule has 4 N–H and O–H groups in total. The van der Waals surface area contributed by atoms with Gasteiger partial charge in [-0.2, -0.15) is 0 Å². The van der Waals surface area contributed by atoms with Crippen LogP contribution < -0.4 is 25.8 Å². The van der Waals surface area contributed by atoms with E-state index in [1.807, 2.05) is 39.0 Å². The van der Waals surface area contributed by atoms with Crippen molar-refractivity contribution < 1.29 is 28.2 Å². The van der Waals surface area contributed by atoms with Crippen molar-refractivity contribution in [1.82, 2.24) is 10.3 Å². The van der Waals surface area contributed by atoms with E-state index in [4.69, 9.17) is 19.9 Å². The van der Waals surface area contributed by atoms with Gasteiger partial charge >= 0.3 is 5.97 Å². The second-order valence-corrected chi connectivity index (χ2v) is 9.88. The maximum atomic E-state index is 14.8. The molecule has 0 radical (unpaired) electrons. The average Bonchev–Trinajstić information content (AvgIpc) is 2.96. The van der Waals surface area contributed by atoms with Gasteiger partial charge in [0, 0.05) is 22.8 Å². The smallest absolute Gasteiger partial charge is 0.307 e. The number of anilines is 2. The van der Waals surface area contributed by atoms with E-state index in [0.717, 1.165) is 10.8 Å². The standard InChI is InChI=1S/C32H35FN4O5/c1-5-41-28-17-21(10-13-27(28)42-19(2)3)30(36-22-11-12-23-20(16-22)14-15-35-31(23)34)32(39)37-26(18-29(38)40-4)24-8-6-7-9-25(24)33/h6-17,19,26,30,36H,5,18H2,1-4H3,(H2,34,35)(H,37,39)/t26-,30?/m1/s1. The quantitative estimate of drug-likeness (QED) is 0.184. The average molecular weight is 575 g/mol. The number of nitrogen functional groups attached to an aromatic ring is 1. The van der Waals surface area contributed by atoms with Crippen LogP contribution in [0.25, 0.3) is 10.8 Å². The number of aromatic nitrogens is 1. The number of amides is 1. The first-order valence-electron chi connectivity index (χ1n) is 13.7. The molecule has 1 heterocycles. The number of nitrogens with one attached hydrogen (secondary N) is 2.